The van der Waals surface area contributed by atoms with Crippen molar-refractivity contribution in [2.24, 2.45) is 0 Å². The van der Waals surface area contributed by atoms with Gasteiger partial charge in [0.15, 0.2) is 37.9 Å². The van der Waals surface area contributed by atoms with Gasteiger partial charge >= 0.3 is 0 Å². The molecule has 44 heavy (non-hydrogen) atoms. The molecule has 218 valence electrons. The molecule has 0 bridgehead atoms. The number of hydrogen-bond donors (Lipinski definition) is 2. The predicted octanol–water partition coefficient (Wildman–Crippen LogP) is 2.61. The second-order valence-electron chi connectivity index (χ2n) is 10.9. The van der Waals surface area contributed by atoms with Gasteiger partial charge in [-0.3, -0.25) is 0 Å². The number of benzene rings is 4. The molecule has 0 aliphatic carbocycles. The molecular weight excluding hydrogens is 630 g/mol. The van der Waals surface area contributed by atoms with Gasteiger partial charge in [0.05, 0.1) is 0 Å². The van der Waals surface area contributed by atoms with E-state index in [4.69, 9.17) is 23.2 Å². The van der Waals surface area contributed by atoms with Crippen molar-refractivity contribution in [2.45, 2.75) is 13.1 Å². The number of rotatable bonds is 5. The quantitative estimate of drug-likeness (QED) is 0.268. The lowest BCUT2D eigenvalue weighted by Crippen LogP contribution is -3.00. The van der Waals surface area contributed by atoms with E-state index >= 15 is 0 Å². The molecule has 0 saturated heterocycles. The Kier molecular flexibility index (Phi) is 8.28. The number of fused-ring (bicyclic) bond motifs is 6. The third-order valence-corrected chi connectivity index (χ3v) is 8.56. The van der Waals surface area contributed by atoms with Gasteiger partial charge in [-0.2, -0.15) is 9.13 Å². The number of H-pyrrole nitrogens is 2. The van der Waals surface area contributed by atoms with E-state index < -0.39 is 0 Å². The van der Waals surface area contributed by atoms with Crippen LogP contribution in [0.1, 0.15) is 11.1 Å². The number of nitrogens with zero attached hydrogens (tertiary/aromatic N) is 2. The standard InChI is InChI=1S/C36H24Cl2N4.2ClH/c37-27-9-11-33-31(17-27)29-13-15-41(21-35(29)39-33)19-23-1-5-25(6-2-23)26-7-3-24(4-8-26)20-42-16-14-30-32-18-28(38)10-12-34(32)40-36(30)22-42;;/h1-18,21-22H,19-20H2;2*1H. The van der Waals surface area contributed by atoms with Crippen LogP contribution in [0.5, 0.6) is 0 Å². The molecule has 4 aromatic heterocycles. The molecule has 0 unspecified atom stereocenters. The molecule has 0 saturated carbocycles. The van der Waals surface area contributed by atoms with Crippen molar-refractivity contribution in [1.29, 1.82) is 0 Å². The third-order valence-electron chi connectivity index (χ3n) is 8.09. The summed E-state index contributed by atoms with van der Waals surface area (Å²) in [5, 5.41) is 6.18. The first-order valence-electron chi connectivity index (χ1n) is 13.9. The summed E-state index contributed by atoms with van der Waals surface area (Å²) in [4.78, 5) is 7.02. The van der Waals surface area contributed by atoms with Gasteiger partial charge in [0.1, 0.15) is 11.0 Å². The number of pyridine rings is 2. The zero-order valence-electron chi connectivity index (χ0n) is 23.4. The summed E-state index contributed by atoms with van der Waals surface area (Å²) in [6.45, 7) is 1.60. The Morgan fingerprint density at radius 3 is 1.27 bits per heavy atom. The first-order valence-corrected chi connectivity index (χ1v) is 14.7. The number of aromatic nitrogens is 4. The minimum atomic E-state index is 0. The van der Waals surface area contributed by atoms with Crippen LogP contribution in [0.4, 0.5) is 0 Å². The van der Waals surface area contributed by atoms with Gasteiger partial charge in [-0.15, -0.1) is 0 Å². The van der Waals surface area contributed by atoms with E-state index in [-0.39, 0.29) is 24.8 Å². The lowest BCUT2D eigenvalue weighted by Gasteiger charge is -2.05. The second-order valence-corrected chi connectivity index (χ2v) is 11.8. The Balaban J connectivity index is 0.00000171. The predicted molar refractivity (Wildman–Crippen MR) is 172 cm³/mol. The highest BCUT2D eigenvalue weighted by Gasteiger charge is 2.12. The van der Waals surface area contributed by atoms with Crippen molar-refractivity contribution in [3.63, 3.8) is 0 Å². The second kappa shape index (κ2) is 12.1. The Labute approximate surface area is 276 Å². The summed E-state index contributed by atoms with van der Waals surface area (Å²) in [6, 6.07) is 33.9. The van der Waals surface area contributed by atoms with Gasteiger partial charge in [0.25, 0.3) is 0 Å². The summed E-state index contributed by atoms with van der Waals surface area (Å²) in [7, 11) is 0. The lowest BCUT2D eigenvalue weighted by molar-refractivity contribution is -0.687. The van der Waals surface area contributed by atoms with Crippen molar-refractivity contribution in [2.75, 3.05) is 0 Å². The van der Waals surface area contributed by atoms with E-state index in [1.54, 1.807) is 0 Å². The molecule has 4 heterocycles. The normalized spacial score (nSPS) is 11.2. The van der Waals surface area contributed by atoms with Gasteiger partial charge in [0.2, 0.25) is 0 Å². The number of hydrogen-bond acceptors (Lipinski definition) is 0. The van der Waals surface area contributed by atoms with Crippen LogP contribution < -0.4 is 33.9 Å². The van der Waals surface area contributed by atoms with Crippen LogP contribution >= 0.6 is 23.2 Å². The first kappa shape index (κ1) is 30.0. The molecule has 0 radical (unpaired) electrons. The third kappa shape index (κ3) is 5.62. The Morgan fingerprint density at radius 2 is 0.864 bits per heavy atom. The van der Waals surface area contributed by atoms with Crippen molar-refractivity contribution in [3.05, 3.63) is 143 Å². The Bertz CT molecular complexity index is 2110. The van der Waals surface area contributed by atoms with Gasteiger partial charge in [-0.25, -0.2) is 0 Å². The average Bonchev–Trinajstić information content (AvgIpc) is 3.54. The summed E-state index contributed by atoms with van der Waals surface area (Å²) >= 11 is 12.4. The molecule has 4 nitrogen and oxygen atoms in total. The highest BCUT2D eigenvalue weighted by atomic mass is 35.5. The minimum Gasteiger partial charge on any atom is -1.00 e. The van der Waals surface area contributed by atoms with E-state index in [1.807, 2.05) is 36.4 Å². The van der Waals surface area contributed by atoms with Crippen molar-refractivity contribution < 1.29 is 33.9 Å². The van der Waals surface area contributed by atoms with Crippen LogP contribution in [-0.2, 0) is 13.1 Å². The van der Waals surface area contributed by atoms with Gasteiger partial charge < -0.3 is 34.8 Å². The van der Waals surface area contributed by atoms with Gasteiger partial charge in [-0.1, -0.05) is 71.7 Å². The van der Waals surface area contributed by atoms with Crippen LogP contribution in [0.15, 0.2) is 122 Å². The monoisotopic (exact) mass is 654 g/mol. The zero-order valence-corrected chi connectivity index (χ0v) is 26.4. The largest absolute Gasteiger partial charge is 1.00 e. The molecule has 8 rings (SSSR count). The zero-order chi connectivity index (χ0) is 28.2. The molecule has 0 aliphatic rings. The maximum Gasteiger partial charge on any atom is 0.193 e. The minimum absolute atomic E-state index is 0. The van der Waals surface area contributed by atoms with Crippen LogP contribution in [0.2, 0.25) is 10.0 Å². The van der Waals surface area contributed by atoms with E-state index in [2.05, 4.69) is 105 Å². The topological polar surface area (TPSA) is 39.3 Å². The first-order chi connectivity index (χ1) is 20.6. The lowest BCUT2D eigenvalue weighted by atomic mass is 10.0. The fourth-order valence-corrected chi connectivity index (χ4v) is 6.30. The van der Waals surface area contributed by atoms with E-state index in [1.165, 1.54) is 33.0 Å². The van der Waals surface area contributed by atoms with E-state index in [0.717, 1.165) is 56.0 Å². The number of halogens is 4. The molecule has 8 aromatic rings. The molecule has 8 heteroatoms. The molecule has 2 N–H and O–H groups in total. The summed E-state index contributed by atoms with van der Waals surface area (Å²) < 4.78 is 4.42. The smallest absolute Gasteiger partial charge is 0.193 e. The Hall–Kier alpha value is -4.06. The van der Waals surface area contributed by atoms with Crippen molar-refractivity contribution >= 4 is 66.8 Å². The van der Waals surface area contributed by atoms with Crippen molar-refractivity contribution in [1.82, 2.24) is 9.97 Å². The van der Waals surface area contributed by atoms with Crippen LogP contribution in [0, 0.1) is 0 Å². The van der Waals surface area contributed by atoms with Crippen LogP contribution in [-0.4, -0.2) is 9.97 Å². The fraction of sp³-hybridized carbons (Fsp3) is 0.0556. The molecule has 0 atom stereocenters. The van der Waals surface area contributed by atoms with Gasteiger partial charge in [0, 0.05) is 65.9 Å². The summed E-state index contributed by atoms with van der Waals surface area (Å²) in [6.07, 6.45) is 8.60. The summed E-state index contributed by atoms with van der Waals surface area (Å²) in [5.41, 5.74) is 9.35. The Morgan fingerprint density at radius 1 is 0.455 bits per heavy atom. The summed E-state index contributed by atoms with van der Waals surface area (Å²) in [5.74, 6) is 0. The maximum absolute atomic E-state index is 6.22. The SMILES string of the molecule is Clc1ccc2[nH]c3c[n+](Cc4ccc(-c5ccc(C[n+]6ccc7c(c6)[nH]c6ccc(Cl)cc67)cc5)cc4)ccc3c2c1.[Cl-].[Cl-]. The van der Waals surface area contributed by atoms with Crippen LogP contribution in [0.3, 0.4) is 0 Å². The molecule has 0 aliphatic heterocycles. The van der Waals surface area contributed by atoms with Gasteiger partial charge in [-0.05, 0) is 47.5 Å². The highest BCUT2D eigenvalue weighted by molar-refractivity contribution is 6.32. The number of aromatic amines is 2. The van der Waals surface area contributed by atoms with E-state index in [9.17, 15) is 0 Å². The fourth-order valence-electron chi connectivity index (χ4n) is 5.96. The van der Waals surface area contributed by atoms with Crippen LogP contribution in [0.25, 0.3) is 54.7 Å². The average molecular weight is 656 g/mol. The molecule has 4 aromatic carbocycles. The number of nitrogens with one attached hydrogen (secondary N) is 2. The molecule has 0 amide bonds. The molecule has 0 fully saturated rings. The van der Waals surface area contributed by atoms with Crippen molar-refractivity contribution in [3.8, 4) is 11.1 Å². The van der Waals surface area contributed by atoms with E-state index in [0.29, 0.717) is 0 Å². The molecular formula is C36H26Cl4N4. The highest BCUT2D eigenvalue weighted by Crippen LogP contribution is 2.28. The maximum atomic E-state index is 6.22. The molecule has 0 spiro atoms.